The predicted molar refractivity (Wildman–Crippen MR) is 87.1 cm³/mol. The summed E-state index contributed by atoms with van der Waals surface area (Å²) in [4.78, 5) is 0. The molecule has 0 aliphatic carbocycles. The van der Waals surface area contributed by atoms with E-state index in [0.29, 0.717) is 28.8 Å². The van der Waals surface area contributed by atoms with E-state index < -0.39 is 6.10 Å². The van der Waals surface area contributed by atoms with Gasteiger partial charge in [-0.1, -0.05) is 60.8 Å². The highest BCUT2D eigenvalue weighted by Crippen LogP contribution is 2.29. The lowest BCUT2D eigenvalue weighted by atomic mass is 10.0. The van der Waals surface area contributed by atoms with Crippen molar-refractivity contribution < 1.29 is 9.84 Å². The summed E-state index contributed by atoms with van der Waals surface area (Å²) >= 11 is 12.0. The molecule has 0 heterocycles. The molecule has 2 aromatic rings. The zero-order chi connectivity index (χ0) is 15.2. The maximum Gasteiger partial charge on any atom is 0.125 e. The van der Waals surface area contributed by atoms with Gasteiger partial charge in [0.25, 0.3) is 0 Å². The maximum absolute atomic E-state index is 10.2. The SMILES string of the molecule is CCCC(O)c1ccccc1OCc1ccc(Cl)cc1Cl. The maximum atomic E-state index is 10.2. The average molecular weight is 325 g/mol. The molecule has 2 aromatic carbocycles. The second-order valence-electron chi connectivity index (χ2n) is 4.87. The van der Waals surface area contributed by atoms with Gasteiger partial charge in [0.15, 0.2) is 0 Å². The van der Waals surface area contributed by atoms with Crippen LogP contribution in [-0.2, 0) is 6.61 Å². The molecule has 0 spiro atoms. The molecule has 112 valence electrons. The molecular formula is C17H18Cl2O2. The molecule has 2 nitrogen and oxygen atoms in total. The fourth-order valence-electron chi connectivity index (χ4n) is 2.11. The van der Waals surface area contributed by atoms with Crippen LogP contribution in [0.2, 0.25) is 10.0 Å². The minimum atomic E-state index is -0.508. The van der Waals surface area contributed by atoms with Crippen LogP contribution in [0.1, 0.15) is 37.0 Å². The standard InChI is InChI=1S/C17H18Cl2O2/c1-2-5-16(20)14-6-3-4-7-17(14)21-11-12-8-9-13(18)10-15(12)19/h3-4,6-10,16,20H,2,5,11H2,1H3. The van der Waals surface area contributed by atoms with Crippen LogP contribution in [-0.4, -0.2) is 5.11 Å². The van der Waals surface area contributed by atoms with Crippen LogP contribution in [0.25, 0.3) is 0 Å². The molecule has 0 fully saturated rings. The summed E-state index contributed by atoms with van der Waals surface area (Å²) in [7, 11) is 0. The van der Waals surface area contributed by atoms with Gasteiger partial charge < -0.3 is 9.84 Å². The zero-order valence-electron chi connectivity index (χ0n) is 11.9. The number of hydrogen-bond acceptors (Lipinski definition) is 2. The molecule has 0 aliphatic rings. The minimum Gasteiger partial charge on any atom is -0.488 e. The molecule has 1 N–H and O–H groups in total. The normalized spacial score (nSPS) is 12.2. The lowest BCUT2D eigenvalue weighted by Crippen LogP contribution is -2.03. The molecule has 0 aromatic heterocycles. The first-order chi connectivity index (χ1) is 10.1. The fraction of sp³-hybridized carbons (Fsp3) is 0.294. The molecule has 0 saturated carbocycles. The van der Waals surface area contributed by atoms with Gasteiger partial charge in [0.2, 0.25) is 0 Å². The molecule has 0 amide bonds. The summed E-state index contributed by atoms with van der Waals surface area (Å²) in [6.45, 7) is 2.38. The first kappa shape index (κ1) is 16.2. The number of rotatable bonds is 6. The van der Waals surface area contributed by atoms with Gasteiger partial charge in [0, 0.05) is 21.2 Å². The number of hydrogen-bond donors (Lipinski definition) is 1. The highest BCUT2D eigenvalue weighted by Gasteiger charge is 2.12. The number of halogens is 2. The lowest BCUT2D eigenvalue weighted by Gasteiger charge is -2.16. The van der Waals surface area contributed by atoms with Gasteiger partial charge in [0.05, 0.1) is 6.10 Å². The molecule has 0 aliphatic heterocycles. The molecule has 2 rings (SSSR count). The van der Waals surface area contributed by atoms with Crippen molar-refractivity contribution in [2.24, 2.45) is 0 Å². The summed E-state index contributed by atoms with van der Waals surface area (Å²) in [6, 6.07) is 12.9. The van der Waals surface area contributed by atoms with Crippen molar-refractivity contribution in [1.29, 1.82) is 0 Å². The highest BCUT2D eigenvalue weighted by atomic mass is 35.5. The van der Waals surface area contributed by atoms with E-state index in [1.165, 1.54) is 0 Å². The summed E-state index contributed by atoms with van der Waals surface area (Å²) in [5, 5.41) is 11.3. The average Bonchev–Trinajstić information content (AvgIpc) is 2.47. The second-order valence-corrected chi connectivity index (χ2v) is 5.71. The van der Waals surface area contributed by atoms with E-state index in [1.54, 1.807) is 12.1 Å². The largest absolute Gasteiger partial charge is 0.488 e. The topological polar surface area (TPSA) is 29.5 Å². The Bertz CT molecular complexity index is 599. The number of para-hydroxylation sites is 1. The quantitative estimate of drug-likeness (QED) is 0.770. The van der Waals surface area contributed by atoms with Crippen molar-refractivity contribution >= 4 is 23.2 Å². The number of ether oxygens (including phenoxy) is 1. The van der Waals surface area contributed by atoms with Gasteiger partial charge in [-0.15, -0.1) is 0 Å². The van der Waals surface area contributed by atoms with E-state index in [1.807, 2.05) is 37.3 Å². The molecular weight excluding hydrogens is 307 g/mol. The Morgan fingerprint density at radius 2 is 1.90 bits per heavy atom. The lowest BCUT2D eigenvalue weighted by molar-refractivity contribution is 0.159. The van der Waals surface area contributed by atoms with Crippen molar-refractivity contribution in [1.82, 2.24) is 0 Å². The monoisotopic (exact) mass is 324 g/mol. The summed E-state index contributed by atoms with van der Waals surface area (Å²) in [5.74, 6) is 0.685. The van der Waals surface area contributed by atoms with Crippen LogP contribution in [0.3, 0.4) is 0 Å². The van der Waals surface area contributed by atoms with Gasteiger partial charge in [-0.25, -0.2) is 0 Å². The van der Waals surface area contributed by atoms with Crippen molar-refractivity contribution in [3.63, 3.8) is 0 Å². The summed E-state index contributed by atoms with van der Waals surface area (Å²) in [5.41, 5.74) is 1.67. The molecule has 0 bridgehead atoms. The molecule has 4 heteroatoms. The van der Waals surface area contributed by atoms with Gasteiger partial charge in [-0.3, -0.25) is 0 Å². The Labute approximate surface area is 135 Å². The van der Waals surface area contributed by atoms with Gasteiger partial charge >= 0.3 is 0 Å². The number of benzene rings is 2. The number of aliphatic hydroxyl groups excluding tert-OH is 1. The van der Waals surface area contributed by atoms with Crippen LogP contribution in [0.4, 0.5) is 0 Å². The summed E-state index contributed by atoms with van der Waals surface area (Å²) in [6.07, 6.45) is 1.12. The van der Waals surface area contributed by atoms with Gasteiger partial charge in [0.1, 0.15) is 12.4 Å². The van der Waals surface area contributed by atoms with E-state index in [2.05, 4.69) is 0 Å². The molecule has 0 saturated heterocycles. The van der Waals surface area contributed by atoms with Crippen LogP contribution in [0.5, 0.6) is 5.75 Å². The van der Waals surface area contributed by atoms with Crippen molar-refractivity contribution in [3.05, 3.63) is 63.6 Å². The Morgan fingerprint density at radius 1 is 1.14 bits per heavy atom. The third-order valence-corrected chi connectivity index (χ3v) is 3.83. The molecule has 1 atom stereocenters. The Balaban J connectivity index is 2.13. The second kappa shape index (κ2) is 7.69. The smallest absolute Gasteiger partial charge is 0.125 e. The van der Waals surface area contributed by atoms with E-state index in [4.69, 9.17) is 27.9 Å². The Kier molecular flexibility index (Phi) is 5.92. The molecule has 21 heavy (non-hydrogen) atoms. The zero-order valence-corrected chi connectivity index (χ0v) is 13.4. The van der Waals surface area contributed by atoms with Crippen LogP contribution in [0.15, 0.2) is 42.5 Å². The third kappa shape index (κ3) is 4.37. The third-order valence-electron chi connectivity index (χ3n) is 3.24. The van der Waals surface area contributed by atoms with Crippen LogP contribution < -0.4 is 4.74 Å². The van der Waals surface area contributed by atoms with Crippen molar-refractivity contribution in [3.8, 4) is 5.75 Å². The highest BCUT2D eigenvalue weighted by molar-refractivity contribution is 6.35. The first-order valence-electron chi connectivity index (χ1n) is 6.95. The van der Waals surface area contributed by atoms with Crippen molar-refractivity contribution in [2.75, 3.05) is 0 Å². The Morgan fingerprint density at radius 3 is 2.62 bits per heavy atom. The molecule has 1 unspecified atom stereocenters. The van der Waals surface area contributed by atoms with Gasteiger partial charge in [-0.05, 0) is 24.6 Å². The number of aliphatic hydroxyl groups is 1. The van der Waals surface area contributed by atoms with Crippen molar-refractivity contribution in [2.45, 2.75) is 32.5 Å². The van der Waals surface area contributed by atoms with Crippen LogP contribution >= 0.6 is 23.2 Å². The molecule has 0 radical (unpaired) electrons. The van der Waals surface area contributed by atoms with Gasteiger partial charge in [-0.2, -0.15) is 0 Å². The first-order valence-corrected chi connectivity index (χ1v) is 7.71. The van der Waals surface area contributed by atoms with E-state index in [0.717, 1.165) is 17.5 Å². The Hall–Kier alpha value is -1.22. The minimum absolute atomic E-state index is 0.339. The van der Waals surface area contributed by atoms with E-state index in [-0.39, 0.29) is 0 Å². The van der Waals surface area contributed by atoms with E-state index in [9.17, 15) is 5.11 Å². The van der Waals surface area contributed by atoms with Crippen LogP contribution in [0, 0.1) is 0 Å². The fourth-order valence-corrected chi connectivity index (χ4v) is 2.57. The summed E-state index contributed by atoms with van der Waals surface area (Å²) < 4.78 is 5.82. The predicted octanol–water partition coefficient (Wildman–Crippen LogP) is 5.41. The van der Waals surface area contributed by atoms with E-state index >= 15 is 0 Å².